The predicted molar refractivity (Wildman–Crippen MR) is 136 cm³/mol. The number of Topliss-reactive ketones (excluding diaryl/α,β-unsaturated/α-hetero) is 1. The Kier molecular flexibility index (Phi) is 7.07. The number of fused-ring (bicyclic) bond motifs is 1. The number of benzene rings is 2. The van der Waals surface area contributed by atoms with Gasteiger partial charge in [0.05, 0.1) is 18.2 Å². The van der Waals surface area contributed by atoms with E-state index in [9.17, 15) is 14.7 Å². The van der Waals surface area contributed by atoms with Gasteiger partial charge in [-0.05, 0) is 60.0 Å². The minimum absolute atomic E-state index is 0.0152. The van der Waals surface area contributed by atoms with Crippen LogP contribution in [-0.4, -0.2) is 46.5 Å². The van der Waals surface area contributed by atoms with Crippen LogP contribution in [0.5, 0.6) is 17.2 Å². The van der Waals surface area contributed by atoms with Gasteiger partial charge in [-0.25, -0.2) is 0 Å². The first kappa shape index (κ1) is 24.4. The largest absolute Gasteiger partial charge is 0.507 e. The molecule has 3 heterocycles. The van der Waals surface area contributed by atoms with Gasteiger partial charge < -0.3 is 24.2 Å². The highest BCUT2D eigenvalue weighted by molar-refractivity contribution is 6.46. The third kappa shape index (κ3) is 5.00. The molecule has 2 aromatic carbocycles. The van der Waals surface area contributed by atoms with Crippen molar-refractivity contribution in [3.05, 3.63) is 89.3 Å². The molecule has 3 aromatic rings. The molecule has 0 bridgehead atoms. The van der Waals surface area contributed by atoms with Crippen LogP contribution in [-0.2, 0) is 16.1 Å². The van der Waals surface area contributed by atoms with Crippen LogP contribution < -0.4 is 14.2 Å². The number of hydrogen-bond donors (Lipinski definition) is 1. The fraction of sp³-hybridized carbons (Fsp3) is 0.276. The second-order valence-corrected chi connectivity index (χ2v) is 8.92. The van der Waals surface area contributed by atoms with Crippen molar-refractivity contribution in [2.24, 2.45) is 0 Å². The van der Waals surface area contributed by atoms with Crippen LogP contribution in [0.3, 0.4) is 0 Å². The highest BCUT2D eigenvalue weighted by Gasteiger charge is 2.46. The van der Waals surface area contributed by atoms with Crippen molar-refractivity contribution in [1.82, 2.24) is 9.88 Å². The molecule has 0 radical (unpaired) electrons. The second-order valence-electron chi connectivity index (χ2n) is 8.92. The molecule has 1 N–H and O–H groups in total. The number of nitrogens with zero attached hydrogens (tertiary/aromatic N) is 2. The number of ether oxygens (including phenoxy) is 3. The first-order valence-corrected chi connectivity index (χ1v) is 12.4. The van der Waals surface area contributed by atoms with Crippen LogP contribution in [0, 0.1) is 0 Å². The fourth-order valence-corrected chi connectivity index (χ4v) is 4.53. The molecule has 2 aliphatic rings. The van der Waals surface area contributed by atoms with Gasteiger partial charge in [0.15, 0.2) is 11.5 Å². The van der Waals surface area contributed by atoms with E-state index in [0.29, 0.717) is 48.2 Å². The lowest BCUT2D eigenvalue weighted by molar-refractivity contribution is -0.140. The Morgan fingerprint density at radius 3 is 2.62 bits per heavy atom. The Morgan fingerprint density at radius 1 is 1.05 bits per heavy atom. The summed E-state index contributed by atoms with van der Waals surface area (Å²) in [5.74, 6) is -0.0183. The van der Waals surface area contributed by atoms with Crippen molar-refractivity contribution in [1.29, 1.82) is 0 Å². The van der Waals surface area contributed by atoms with Crippen molar-refractivity contribution >= 4 is 17.4 Å². The van der Waals surface area contributed by atoms with Gasteiger partial charge in [0.2, 0.25) is 0 Å². The molecule has 190 valence electrons. The smallest absolute Gasteiger partial charge is 0.295 e. The highest BCUT2D eigenvalue weighted by atomic mass is 16.6. The number of aliphatic hydroxyl groups excluding tert-OH is 1. The van der Waals surface area contributed by atoms with Crippen LogP contribution in [0.1, 0.15) is 42.5 Å². The summed E-state index contributed by atoms with van der Waals surface area (Å²) in [5.41, 5.74) is 1.87. The van der Waals surface area contributed by atoms with Crippen LogP contribution in [0.25, 0.3) is 5.76 Å². The summed E-state index contributed by atoms with van der Waals surface area (Å²) in [6.07, 6.45) is 5.19. The lowest BCUT2D eigenvalue weighted by Crippen LogP contribution is -2.29. The van der Waals surface area contributed by atoms with Gasteiger partial charge in [-0.15, -0.1) is 0 Å². The lowest BCUT2D eigenvalue weighted by Gasteiger charge is -2.26. The van der Waals surface area contributed by atoms with E-state index in [2.05, 4.69) is 11.9 Å². The Bertz CT molecular complexity index is 1340. The molecule has 0 spiro atoms. The first-order valence-electron chi connectivity index (χ1n) is 12.4. The summed E-state index contributed by atoms with van der Waals surface area (Å²) in [6.45, 7) is 3.66. The third-order valence-corrected chi connectivity index (χ3v) is 6.40. The Labute approximate surface area is 215 Å². The van der Waals surface area contributed by atoms with E-state index in [0.717, 1.165) is 18.4 Å². The van der Waals surface area contributed by atoms with Gasteiger partial charge in [0.25, 0.3) is 11.7 Å². The van der Waals surface area contributed by atoms with Gasteiger partial charge in [-0.3, -0.25) is 14.6 Å². The van der Waals surface area contributed by atoms with Crippen LogP contribution >= 0.6 is 0 Å². The molecule has 5 rings (SSSR count). The number of aromatic nitrogens is 1. The number of pyridine rings is 1. The number of amides is 1. The van der Waals surface area contributed by atoms with Crippen molar-refractivity contribution < 1.29 is 28.9 Å². The number of ketones is 1. The average molecular weight is 501 g/mol. The van der Waals surface area contributed by atoms with Gasteiger partial charge in [0.1, 0.15) is 24.7 Å². The van der Waals surface area contributed by atoms with Crippen molar-refractivity contribution in [2.75, 3.05) is 19.8 Å². The zero-order chi connectivity index (χ0) is 25.8. The normalized spacial score (nSPS) is 18.2. The third-order valence-electron chi connectivity index (χ3n) is 6.40. The van der Waals surface area contributed by atoms with E-state index in [-0.39, 0.29) is 17.9 Å². The maximum atomic E-state index is 13.4. The summed E-state index contributed by atoms with van der Waals surface area (Å²) in [7, 11) is 0. The Morgan fingerprint density at radius 2 is 1.84 bits per heavy atom. The molecule has 1 saturated heterocycles. The quantitative estimate of drug-likeness (QED) is 0.208. The molecule has 1 amide bonds. The minimum Gasteiger partial charge on any atom is -0.507 e. The minimum atomic E-state index is -0.809. The molecule has 37 heavy (non-hydrogen) atoms. The van der Waals surface area contributed by atoms with E-state index in [1.54, 1.807) is 42.7 Å². The molecule has 0 aliphatic carbocycles. The lowest BCUT2D eigenvalue weighted by atomic mass is 9.95. The number of likely N-dealkylation sites (tertiary alicyclic amines) is 1. The molecule has 0 saturated carbocycles. The SMILES string of the molecule is CCCCOc1cccc([C@H]2/C(=C(\O)c3ccc4c(c3)OCCO4)C(=O)C(=O)N2Cc2ccncc2)c1. The Balaban J connectivity index is 1.59. The number of rotatable bonds is 8. The number of unbranched alkanes of at least 4 members (excludes halogenated alkanes) is 1. The van der Waals surface area contributed by atoms with Crippen LogP contribution in [0.15, 0.2) is 72.6 Å². The zero-order valence-electron chi connectivity index (χ0n) is 20.6. The molecular formula is C29H28N2O6. The number of aliphatic hydroxyl groups is 1. The molecular weight excluding hydrogens is 472 g/mol. The summed E-state index contributed by atoms with van der Waals surface area (Å²) >= 11 is 0. The summed E-state index contributed by atoms with van der Waals surface area (Å²) in [4.78, 5) is 32.2. The monoisotopic (exact) mass is 500 g/mol. The highest BCUT2D eigenvalue weighted by Crippen LogP contribution is 2.42. The van der Waals surface area contributed by atoms with Crippen molar-refractivity contribution in [3.63, 3.8) is 0 Å². The van der Waals surface area contributed by atoms with E-state index >= 15 is 0 Å². The van der Waals surface area contributed by atoms with E-state index in [1.165, 1.54) is 4.90 Å². The maximum absolute atomic E-state index is 13.4. The summed E-state index contributed by atoms with van der Waals surface area (Å²) in [5, 5.41) is 11.4. The average Bonchev–Trinajstić information content (AvgIpc) is 3.18. The molecule has 8 heteroatoms. The topological polar surface area (TPSA) is 98.2 Å². The van der Waals surface area contributed by atoms with Gasteiger partial charge >= 0.3 is 0 Å². The molecule has 1 aromatic heterocycles. The summed E-state index contributed by atoms with van der Waals surface area (Å²) < 4.78 is 17.1. The van der Waals surface area contributed by atoms with Gasteiger partial charge in [-0.1, -0.05) is 25.5 Å². The predicted octanol–water partition coefficient (Wildman–Crippen LogP) is 4.65. The first-order chi connectivity index (χ1) is 18.1. The number of hydrogen-bond acceptors (Lipinski definition) is 7. The fourth-order valence-electron chi connectivity index (χ4n) is 4.53. The van der Waals surface area contributed by atoms with Crippen LogP contribution in [0.4, 0.5) is 0 Å². The molecule has 0 unspecified atom stereocenters. The number of carbonyl (C=O) groups excluding carboxylic acids is 2. The molecule has 1 fully saturated rings. The standard InChI is InChI=1S/C29H28N2O6/c1-2-3-13-35-22-6-4-5-20(16-22)26-25(27(32)21-7-8-23-24(17-21)37-15-14-36-23)28(33)29(34)31(26)18-19-9-11-30-12-10-19/h4-12,16-17,26,32H,2-3,13-15,18H2,1H3/b27-25+/t26-/m0/s1. The zero-order valence-corrected chi connectivity index (χ0v) is 20.6. The van der Waals surface area contributed by atoms with Crippen molar-refractivity contribution in [3.8, 4) is 17.2 Å². The van der Waals surface area contributed by atoms with Gasteiger partial charge in [-0.2, -0.15) is 0 Å². The molecule has 8 nitrogen and oxygen atoms in total. The maximum Gasteiger partial charge on any atom is 0.295 e. The number of carbonyl (C=O) groups is 2. The van der Waals surface area contributed by atoms with E-state index in [1.807, 2.05) is 24.3 Å². The van der Waals surface area contributed by atoms with Crippen molar-refractivity contribution in [2.45, 2.75) is 32.4 Å². The van der Waals surface area contributed by atoms with E-state index in [4.69, 9.17) is 14.2 Å². The van der Waals surface area contributed by atoms with E-state index < -0.39 is 17.7 Å². The summed E-state index contributed by atoms with van der Waals surface area (Å²) in [6, 6.07) is 15.1. The molecule has 2 aliphatic heterocycles. The second kappa shape index (κ2) is 10.7. The molecule has 1 atom stereocenters. The van der Waals surface area contributed by atoms with Gasteiger partial charge in [0, 0.05) is 24.5 Å². The Hall–Kier alpha value is -4.33. The van der Waals surface area contributed by atoms with Crippen LogP contribution in [0.2, 0.25) is 0 Å².